The Hall–Kier alpha value is -3.54. The first-order valence-electron chi connectivity index (χ1n) is 7.81. The average Bonchev–Trinajstić information content (AvgIpc) is 2.63. The SMILES string of the molecule is O=C(O)/C=C/c1ccc(OCCOc2ccc(/C=C/C(=O)O)cc2)cc1. The summed E-state index contributed by atoms with van der Waals surface area (Å²) >= 11 is 0. The van der Waals surface area contributed by atoms with Crippen molar-refractivity contribution in [3.8, 4) is 11.5 Å². The van der Waals surface area contributed by atoms with Gasteiger partial charge in [-0.05, 0) is 47.5 Å². The van der Waals surface area contributed by atoms with Gasteiger partial charge in [-0.25, -0.2) is 9.59 Å². The van der Waals surface area contributed by atoms with Gasteiger partial charge in [-0.1, -0.05) is 24.3 Å². The van der Waals surface area contributed by atoms with Gasteiger partial charge in [0.15, 0.2) is 0 Å². The normalized spacial score (nSPS) is 10.9. The molecule has 0 saturated carbocycles. The maximum absolute atomic E-state index is 10.5. The molecule has 0 amide bonds. The van der Waals surface area contributed by atoms with E-state index in [0.717, 1.165) is 23.3 Å². The molecule has 0 aliphatic carbocycles. The van der Waals surface area contributed by atoms with E-state index in [-0.39, 0.29) is 0 Å². The fourth-order valence-corrected chi connectivity index (χ4v) is 2.00. The third-order valence-electron chi connectivity index (χ3n) is 3.22. The van der Waals surface area contributed by atoms with Crippen molar-refractivity contribution in [3.63, 3.8) is 0 Å². The van der Waals surface area contributed by atoms with Crippen LogP contribution in [0.4, 0.5) is 0 Å². The number of carbonyl (C=O) groups is 2. The molecule has 0 heterocycles. The van der Waals surface area contributed by atoms with E-state index in [1.54, 1.807) is 48.5 Å². The Morgan fingerprint density at radius 2 is 1.04 bits per heavy atom. The van der Waals surface area contributed by atoms with Crippen molar-refractivity contribution in [2.24, 2.45) is 0 Å². The molecule has 2 rings (SSSR count). The molecule has 0 aliphatic heterocycles. The van der Waals surface area contributed by atoms with Gasteiger partial charge >= 0.3 is 11.9 Å². The fourth-order valence-electron chi connectivity index (χ4n) is 2.00. The summed E-state index contributed by atoms with van der Waals surface area (Å²) in [5.41, 5.74) is 1.54. The highest BCUT2D eigenvalue weighted by Gasteiger charge is 1.97. The van der Waals surface area contributed by atoms with E-state index in [1.807, 2.05) is 0 Å². The first kappa shape index (κ1) is 18.8. The third kappa shape index (κ3) is 6.92. The Labute approximate surface area is 150 Å². The lowest BCUT2D eigenvalue weighted by Crippen LogP contribution is -2.08. The van der Waals surface area contributed by atoms with Crippen LogP contribution in [0.5, 0.6) is 11.5 Å². The van der Waals surface area contributed by atoms with Crippen molar-refractivity contribution in [2.45, 2.75) is 0 Å². The average molecular weight is 354 g/mol. The van der Waals surface area contributed by atoms with Crippen molar-refractivity contribution >= 4 is 24.1 Å². The molecule has 134 valence electrons. The molecule has 0 bridgehead atoms. The molecule has 26 heavy (non-hydrogen) atoms. The summed E-state index contributed by atoms with van der Waals surface area (Å²) in [6, 6.07) is 14.1. The van der Waals surface area contributed by atoms with Crippen LogP contribution in [0.1, 0.15) is 11.1 Å². The molecule has 2 aromatic rings. The minimum Gasteiger partial charge on any atom is -0.490 e. The molecule has 0 aliphatic rings. The van der Waals surface area contributed by atoms with Crippen LogP contribution in [0.15, 0.2) is 60.7 Å². The van der Waals surface area contributed by atoms with Gasteiger partial charge in [-0.3, -0.25) is 0 Å². The summed E-state index contributed by atoms with van der Waals surface area (Å²) in [6.07, 6.45) is 5.16. The first-order valence-corrected chi connectivity index (χ1v) is 7.81. The van der Waals surface area contributed by atoms with Crippen LogP contribution in [0.3, 0.4) is 0 Å². The van der Waals surface area contributed by atoms with Crippen LogP contribution >= 0.6 is 0 Å². The first-order chi connectivity index (χ1) is 12.5. The van der Waals surface area contributed by atoms with Gasteiger partial charge in [-0.15, -0.1) is 0 Å². The number of carboxylic acids is 2. The molecule has 0 atom stereocenters. The second-order valence-corrected chi connectivity index (χ2v) is 5.18. The van der Waals surface area contributed by atoms with Gasteiger partial charge < -0.3 is 19.7 Å². The molecule has 0 aromatic heterocycles. The second-order valence-electron chi connectivity index (χ2n) is 5.18. The maximum Gasteiger partial charge on any atom is 0.328 e. The number of benzene rings is 2. The van der Waals surface area contributed by atoms with Gasteiger partial charge in [-0.2, -0.15) is 0 Å². The molecule has 6 heteroatoms. The quantitative estimate of drug-likeness (QED) is 0.530. The number of carboxylic acid groups (broad SMARTS) is 2. The van der Waals surface area contributed by atoms with Crippen LogP contribution in [0.25, 0.3) is 12.2 Å². The van der Waals surface area contributed by atoms with Crippen LogP contribution < -0.4 is 9.47 Å². The molecule has 0 spiro atoms. The van der Waals surface area contributed by atoms with Crippen LogP contribution in [-0.4, -0.2) is 35.4 Å². The number of aliphatic carboxylic acids is 2. The predicted molar refractivity (Wildman–Crippen MR) is 97.2 cm³/mol. The molecule has 0 radical (unpaired) electrons. The van der Waals surface area contributed by atoms with Crippen molar-refractivity contribution < 1.29 is 29.3 Å². The monoisotopic (exact) mass is 354 g/mol. The van der Waals surface area contributed by atoms with Crippen LogP contribution in [-0.2, 0) is 9.59 Å². The van der Waals surface area contributed by atoms with Gasteiger partial charge in [0.1, 0.15) is 24.7 Å². The summed E-state index contributed by atoms with van der Waals surface area (Å²) in [7, 11) is 0. The van der Waals surface area contributed by atoms with E-state index in [0.29, 0.717) is 24.7 Å². The molecular formula is C20H18O6. The molecule has 0 fully saturated rings. The fraction of sp³-hybridized carbons (Fsp3) is 0.100. The van der Waals surface area contributed by atoms with E-state index >= 15 is 0 Å². The largest absolute Gasteiger partial charge is 0.490 e. The van der Waals surface area contributed by atoms with Crippen LogP contribution in [0, 0.1) is 0 Å². The highest BCUT2D eigenvalue weighted by atomic mass is 16.5. The predicted octanol–water partition coefficient (Wildman–Crippen LogP) is 3.34. The number of ether oxygens (including phenoxy) is 2. The Morgan fingerprint density at radius 3 is 1.35 bits per heavy atom. The van der Waals surface area contributed by atoms with Gasteiger partial charge in [0.2, 0.25) is 0 Å². The second kappa shape index (κ2) is 9.68. The number of hydrogen-bond donors (Lipinski definition) is 2. The molecule has 0 unspecified atom stereocenters. The van der Waals surface area contributed by atoms with Crippen molar-refractivity contribution in [3.05, 3.63) is 71.8 Å². The van der Waals surface area contributed by atoms with Gasteiger partial charge in [0.25, 0.3) is 0 Å². The van der Waals surface area contributed by atoms with Gasteiger partial charge in [0.05, 0.1) is 0 Å². The minimum atomic E-state index is -0.992. The zero-order chi connectivity index (χ0) is 18.8. The van der Waals surface area contributed by atoms with Crippen molar-refractivity contribution in [1.29, 1.82) is 0 Å². The Kier molecular flexibility index (Phi) is 7.00. The summed E-state index contributed by atoms with van der Waals surface area (Å²) in [6.45, 7) is 0.704. The van der Waals surface area contributed by atoms with Crippen LogP contribution in [0.2, 0.25) is 0 Å². The summed E-state index contributed by atoms with van der Waals surface area (Å²) in [4.78, 5) is 20.9. The Morgan fingerprint density at radius 1 is 0.692 bits per heavy atom. The lowest BCUT2D eigenvalue weighted by molar-refractivity contribution is -0.132. The highest BCUT2D eigenvalue weighted by Crippen LogP contribution is 2.15. The summed E-state index contributed by atoms with van der Waals surface area (Å²) in [5.74, 6) is -0.660. The van der Waals surface area contributed by atoms with E-state index in [4.69, 9.17) is 19.7 Å². The molecule has 2 N–H and O–H groups in total. The molecule has 0 saturated heterocycles. The Bertz CT molecular complexity index is 719. The number of rotatable bonds is 9. The standard InChI is InChI=1S/C20H18O6/c21-19(22)11-5-15-1-7-17(8-2-15)25-13-14-26-18-9-3-16(4-10-18)6-12-20(23)24/h1-12H,13-14H2,(H,21,22)(H,23,24)/b11-5+,12-6+. The van der Waals surface area contributed by atoms with Crippen molar-refractivity contribution in [2.75, 3.05) is 13.2 Å². The molecule has 6 nitrogen and oxygen atoms in total. The zero-order valence-corrected chi connectivity index (χ0v) is 13.9. The zero-order valence-electron chi connectivity index (χ0n) is 13.9. The van der Waals surface area contributed by atoms with E-state index in [9.17, 15) is 9.59 Å². The summed E-state index contributed by atoms with van der Waals surface area (Å²) < 4.78 is 11.1. The lowest BCUT2D eigenvalue weighted by Gasteiger charge is -2.08. The lowest BCUT2D eigenvalue weighted by atomic mass is 10.2. The maximum atomic E-state index is 10.5. The third-order valence-corrected chi connectivity index (χ3v) is 3.22. The van der Waals surface area contributed by atoms with E-state index in [1.165, 1.54) is 12.2 Å². The number of hydrogen-bond acceptors (Lipinski definition) is 4. The van der Waals surface area contributed by atoms with E-state index in [2.05, 4.69) is 0 Å². The topological polar surface area (TPSA) is 93.1 Å². The smallest absolute Gasteiger partial charge is 0.328 e. The Balaban J connectivity index is 1.74. The van der Waals surface area contributed by atoms with E-state index < -0.39 is 11.9 Å². The van der Waals surface area contributed by atoms with Gasteiger partial charge in [0, 0.05) is 12.2 Å². The minimum absolute atomic E-state index is 0.352. The summed E-state index contributed by atoms with van der Waals surface area (Å²) in [5, 5.41) is 17.2. The molecule has 2 aromatic carbocycles. The van der Waals surface area contributed by atoms with Crippen molar-refractivity contribution in [1.82, 2.24) is 0 Å². The highest BCUT2D eigenvalue weighted by molar-refractivity contribution is 5.85. The molecular weight excluding hydrogens is 336 g/mol.